The summed E-state index contributed by atoms with van der Waals surface area (Å²) >= 11 is 1.58. The molecule has 0 unspecified atom stereocenters. The van der Waals surface area contributed by atoms with Crippen LogP contribution in [0.5, 0.6) is 0 Å². The number of aromatic amines is 1. The molecule has 0 amide bonds. The molecule has 0 radical (unpaired) electrons. The van der Waals surface area contributed by atoms with Gasteiger partial charge in [-0.2, -0.15) is 13.2 Å². The summed E-state index contributed by atoms with van der Waals surface area (Å²) in [5, 5.41) is 0. The van der Waals surface area contributed by atoms with E-state index in [0.717, 1.165) is 10.5 Å². The van der Waals surface area contributed by atoms with Gasteiger partial charge in [0.2, 0.25) is 5.82 Å². The van der Waals surface area contributed by atoms with E-state index < -0.39 is 12.0 Å². The van der Waals surface area contributed by atoms with Gasteiger partial charge in [0.15, 0.2) is 0 Å². The maximum Gasteiger partial charge on any atom is 0.449 e. The van der Waals surface area contributed by atoms with Gasteiger partial charge in [0, 0.05) is 16.0 Å². The lowest BCUT2D eigenvalue weighted by molar-refractivity contribution is -0.144. The zero-order chi connectivity index (χ0) is 17.3. The number of aromatic nitrogens is 2. The molecule has 124 valence electrons. The molecule has 6 heteroatoms. The molecule has 0 spiro atoms. The van der Waals surface area contributed by atoms with Crippen molar-refractivity contribution in [3.63, 3.8) is 0 Å². The first-order valence-electron chi connectivity index (χ1n) is 7.27. The van der Waals surface area contributed by atoms with Crippen LogP contribution in [0.25, 0.3) is 22.5 Å². The highest BCUT2D eigenvalue weighted by molar-refractivity contribution is 7.98. The van der Waals surface area contributed by atoms with E-state index in [-0.39, 0.29) is 0 Å². The Labute approximate surface area is 142 Å². The molecule has 1 N–H and O–H groups in total. The fraction of sp³-hybridized carbons (Fsp3) is 0.167. The predicted octanol–water partition coefficient (Wildman–Crippen LogP) is 5.79. The topological polar surface area (TPSA) is 28.7 Å². The van der Waals surface area contributed by atoms with Crippen molar-refractivity contribution in [1.29, 1.82) is 0 Å². The monoisotopic (exact) mass is 348 g/mol. The standard InChI is InChI=1S/C18H15F3N2S/c1-11-4-3-5-13(10-11)16-15(22-17(23-16)18(19,20)21)12-6-8-14(24-2)9-7-12/h3-10H,1-2H3,(H,22,23). The van der Waals surface area contributed by atoms with Gasteiger partial charge in [-0.25, -0.2) is 4.98 Å². The highest BCUT2D eigenvalue weighted by atomic mass is 32.2. The van der Waals surface area contributed by atoms with E-state index >= 15 is 0 Å². The number of halogens is 3. The Morgan fingerprint density at radius 2 is 1.71 bits per heavy atom. The SMILES string of the molecule is CSc1ccc(-c2[nH]c(C(F)(F)F)nc2-c2cccc(C)c2)cc1. The summed E-state index contributed by atoms with van der Waals surface area (Å²) in [4.78, 5) is 7.32. The Morgan fingerprint density at radius 1 is 1.00 bits per heavy atom. The number of hydrogen-bond donors (Lipinski definition) is 1. The van der Waals surface area contributed by atoms with Crippen LogP contribution in [0.4, 0.5) is 13.2 Å². The van der Waals surface area contributed by atoms with Crippen molar-refractivity contribution in [2.45, 2.75) is 18.0 Å². The number of hydrogen-bond acceptors (Lipinski definition) is 2. The van der Waals surface area contributed by atoms with Crippen LogP contribution >= 0.6 is 11.8 Å². The van der Waals surface area contributed by atoms with Crippen LogP contribution in [0.2, 0.25) is 0 Å². The van der Waals surface area contributed by atoms with Crippen LogP contribution in [0.3, 0.4) is 0 Å². The number of H-pyrrole nitrogens is 1. The second kappa shape index (κ2) is 6.36. The molecule has 0 atom stereocenters. The van der Waals surface area contributed by atoms with E-state index in [0.29, 0.717) is 22.5 Å². The third kappa shape index (κ3) is 3.33. The summed E-state index contributed by atoms with van der Waals surface area (Å²) in [6.07, 6.45) is -2.57. The highest BCUT2D eigenvalue weighted by Crippen LogP contribution is 2.36. The lowest BCUT2D eigenvalue weighted by Crippen LogP contribution is -2.07. The minimum absolute atomic E-state index is 0.308. The molecule has 0 saturated carbocycles. The molecule has 0 bridgehead atoms. The largest absolute Gasteiger partial charge is 0.449 e. The van der Waals surface area contributed by atoms with Crippen LogP contribution in [-0.2, 0) is 6.18 Å². The Hall–Kier alpha value is -2.21. The fourth-order valence-electron chi connectivity index (χ4n) is 2.48. The van der Waals surface area contributed by atoms with Gasteiger partial charge in [-0.3, -0.25) is 0 Å². The predicted molar refractivity (Wildman–Crippen MR) is 91.0 cm³/mol. The van der Waals surface area contributed by atoms with Gasteiger partial charge in [0.1, 0.15) is 0 Å². The summed E-state index contributed by atoms with van der Waals surface area (Å²) < 4.78 is 39.3. The molecule has 1 aromatic heterocycles. The van der Waals surface area contributed by atoms with Crippen LogP contribution in [-0.4, -0.2) is 16.2 Å². The number of nitrogens with one attached hydrogen (secondary N) is 1. The van der Waals surface area contributed by atoms with E-state index in [9.17, 15) is 13.2 Å². The highest BCUT2D eigenvalue weighted by Gasteiger charge is 2.36. The van der Waals surface area contributed by atoms with Gasteiger partial charge in [0.25, 0.3) is 0 Å². The second-order valence-electron chi connectivity index (χ2n) is 5.40. The van der Waals surface area contributed by atoms with Crippen molar-refractivity contribution in [3.05, 3.63) is 59.9 Å². The molecule has 1 heterocycles. The Kier molecular flexibility index (Phi) is 4.41. The van der Waals surface area contributed by atoms with Crippen LogP contribution in [0.1, 0.15) is 11.4 Å². The molecule has 0 aliphatic heterocycles. The summed E-state index contributed by atoms with van der Waals surface area (Å²) in [5.41, 5.74) is 2.98. The lowest BCUT2D eigenvalue weighted by Gasteiger charge is -2.05. The maximum atomic E-state index is 13.1. The first-order chi connectivity index (χ1) is 11.4. The minimum Gasteiger partial charge on any atom is -0.334 e. The zero-order valence-electron chi connectivity index (χ0n) is 13.1. The number of alkyl halides is 3. The first-order valence-corrected chi connectivity index (χ1v) is 8.49. The number of thioether (sulfide) groups is 1. The Morgan fingerprint density at radius 3 is 2.29 bits per heavy atom. The smallest absolute Gasteiger partial charge is 0.334 e. The van der Waals surface area contributed by atoms with Gasteiger partial charge in [0.05, 0.1) is 11.4 Å². The minimum atomic E-state index is -4.52. The molecule has 0 aliphatic rings. The van der Waals surface area contributed by atoms with Gasteiger partial charge >= 0.3 is 6.18 Å². The van der Waals surface area contributed by atoms with Crippen molar-refractivity contribution < 1.29 is 13.2 Å². The summed E-state index contributed by atoms with van der Waals surface area (Å²) in [6.45, 7) is 1.90. The quantitative estimate of drug-likeness (QED) is 0.607. The Balaban J connectivity index is 2.17. The van der Waals surface area contributed by atoms with Gasteiger partial charge in [-0.05, 0) is 31.4 Å². The van der Waals surface area contributed by atoms with Gasteiger partial charge in [-0.1, -0.05) is 35.9 Å². The fourth-order valence-corrected chi connectivity index (χ4v) is 2.88. The summed E-state index contributed by atoms with van der Waals surface area (Å²) in [5.74, 6) is -0.983. The average Bonchev–Trinajstić information content (AvgIpc) is 3.00. The first kappa shape index (κ1) is 16.6. The molecule has 0 aliphatic carbocycles. The van der Waals surface area contributed by atoms with E-state index in [1.165, 1.54) is 0 Å². The number of imidazole rings is 1. The number of aryl methyl sites for hydroxylation is 1. The van der Waals surface area contributed by atoms with Crippen molar-refractivity contribution in [2.75, 3.05) is 6.26 Å². The average molecular weight is 348 g/mol. The van der Waals surface area contributed by atoms with Crippen molar-refractivity contribution >= 4 is 11.8 Å². The Bertz CT molecular complexity index is 851. The maximum absolute atomic E-state index is 13.1. The molecular formula is C18H15F3N2S. The van der Waals surface area contributed by atoms with Crippen molar-refractivity contribution in [3.8, 4) is 22.5 Å². The van der Waals surface area contributed by atoms with Crippen LogP contribution in [0.15, 0.2) is 53.4 Å². The van der Waals surface area contributed by atoms with E-state index in [1.54, 1.807) is 30.0 Å². The normalized spacial score (nSPS) is 11.7. The molecule has 3 rings (SSSR count). The van der Waals surface area contributed by atoms with E-state index in [1.807, 2.05) is 43.5 Å². The second-order valence-corrected chi connectivity index (χ2v) is 6.28. The molecular weight excluding hydrogens is 333 g/mol. The van der Waals surface area contributed by atoms with Crippen LogP contribution in [0, 0.1) is 6.92 Å². The van der Waals surface area contributed by atoms with Gasteiger partial charge < -0.3 is 4.98 Å². The molecule has 0 fully saturated rings. The van der Waals surface area contributed by atoms with Crippen molar-refractivity contribution in [1.82, 2.24) is 9.97 Å². The van der Waals surface area contributed by atoms with Crippen molar-refractivity contribution in [2.24, 2.45) is 0 Å². The van der Waals surface area contributed by atoms with E-state index in [4.69, 9.17) is 0 Å². The molecule has 2 nitrogen and oxygen atoms in total. The molecule has 3 aromatic rings. The summed E-state index contributed by atoms with van der Waals surface area (Å²) in [6, 6.07) is 14.7. The van der Waals surface area contributed by atoms with Crippen LogP contribution < -0.4 is 0 Å². The lowest BCUT2D eigenvalue weighted by atomic mass is 10.0. The third-order valence-corrected chi connectivity index (χ3v) is 4.39. The number of nitrogens with zero attached hydrogens (tertiary/aromatic N) is 1. The van der Waals surface area contributed by atoms with Gasteiger partial charge in [-0.15, -0.1) is 11.8 Å². The molecule has 0 saturated heterocycles. The number of rotatable bonds is 3. The van der Waals surface area contributed by atoms with E-state index in [2.05, 4.69) is 9.97 Å². The number of benzene rings is 2. The summed E-state index contributed by atoms with van der Waals surface area (Å²) in [7, 11) is 0. The molecule has 2 aromatic carbocycles. The zero-order valence-corrected chi connectivity index (χ0v) is 13.9. The third-order valence-electron chi connectivity index (χ3n) is 3.64. The molecule has 24 heavy (non-hydrogen) atoms.